The van der Waals surface area contributed by atoms with Gasteiger partial charge in [-0.3, -0.25) is 4.79 Å². The highest BCUT2D eigenvalue weighted by Gasteiger charge is 2.19. The number of nitrogens with zero attached hydrogens (tertiary/aromatic N) is 2. The number of rotatable bonds is 8. The van der Waals surface area contributed by atoms with Crippen molar-refractivity contribution in [2.75, 3.05) is 31.1 Å². The van der Waals surface area contributed by atoms with Gasteiger partial charge in [-0.2, -0.15) is 0 Å². The smallest absolute Gasteiger partial charge is 0.246 e. The summed E-state index contributed by atoms with van der Waals surface area (Å²) in [6.07, 6.45) is 11.3. The van der Waals surface area contributed by atoms with E-state index >= 15 is 0 Å². The van der Waals surface area contributed by atoms with Crippen molar-refractivity contribution >= 4 is 11.6 Å². The first-order valence-corrected chi connectivity index (χ1v) is 9.47. The molecule has 0 saturated carbocycles. The molecule has 0 unspecified atom stereocenters. The molecule has 1 saturated heterocycles. The van der Waals surface area contributed by atoms with Crippen molar-refractivity contribution in [3.63, 3.8) is 0 Å². The molecule has 1 fully saturated rings. The van der Waals surface area contributed by atoms with E-state index in [1.807, 2.05) is 4.90 Å². The Hall–Kier alpha value is -1.77. The summed E-state index contributed by atoms with van der Waals surface area (Å²) in [5, 5.41) is 0. The van der Waals surface area contributed by atoms with Crippen molar-refractivity contribution in [1.29, 1.82) is 0 Å². The number of piperazine rings is 1. The second-order valence-electron chi connectivity index (χ2n) is 6.75. The van der Waals surface area contributed by atoms with Crippen LogP contribution in [0, 0.1) is 6.92 Å². The van der Waals surface area contributed by atoms with Gasteiger partial charge in [0.2, 0.25) is 5.91 Å². The van der Waals surface area contributed by atoms with Crippen LogP contribution in [-0.4, -0.2) is 37.0 Å². The fourth-order valence-corrected chi connectivity index (χ4v) is 3.10. The number of hydrogen-bond acceptors (Lipinski definition) is 2. The Labute approximate surface area is 147 Å². The van der Waals surface area contributed by atoms with Crippen LogP contribution in [0.25, 0.3) is 0 Å². The summed E-state index contributed by atoms with van der Waals surface area (Å²) in [5.41, 5.74) is 2.54. The van der Waals surface area contributed by atoms with Crippen LogP contribution in [0.5, 0.6) is 0 Å². The number of aryl methyl sites for hydroxylation is 1. The number of hydrogen-bond donors (Lipinski definition) is 0. The number of benzene rings is 1. The van der Waals surface area contributed by atoms with Crippen molar-refractivity contribution in [2.45, 2.75) is 52.4 Å². The fourth-order valence-electron chi connectivity index (χ4n) is 3.10. The molecule has 24 heavy (non-hydrogen) atoms. The molecular formula is C21H32N2O. The SMILES string of the molecule is CCCCCCCC=CC(=O)N1CCN(c2ccc(C)cc2)CC1. The number of carbonyl (C=O) groups excluding carboxylic acids is 1. The number of amides is 1. The molecule has 0 aromatic heterocycles. The van der Waals surface area contributed by atoms with Crippen LogP contribution in [0.1, 0.15) is 51.0 Å². The lowest BCUT2D eigenvalue weighted by Crippen LogP contribution is -2.48. The second kappa shape index (κ2) is 10.2. The maximum absolute atomic E-state index is 12.2. The zero-order valence-corrected chi connectivity index (χ0v) is 15.3. The molecule has 0 atom stereocenters. The predicted octanol–water partition coefficient (Wildman–Crippen LogP) is 4.56. The normalized spacial score (nSPS) is 15.2. The van der Waals surface area contributed by atoms with Crippen LogP contribution in [0.3, 0.4) is 0 Å². The molecule has 1 amide bonds. The van der Waals surface area contributed by atoms with Gasteiger partial charge >= 0.3 is 0 Å². The van der Waals surface area contributed by atoms with Gasteiger partial charge in [-0.25, -0.2) is 0 Å². The molecule has 2 rings (SSSR count). The lowest BCUT2D eigenvalue weighted by molar-refractivity contribution is -0.126. The van der Waals surface area contributed by atoms with Gasteiger partial charge in [-0.1, -0.05) is 56.4 Å². The summed E-state index contributed by atoms with van der Waals surface area (Å²) < 4.78 is 0. The van der Waals surface area contributed by atoms with E-state index in [4.69, 9.17) is 0 Å². The van der Waals surface area contributed by atoms with Crippen LogP contribution in [-0.2, 0) is 4.79 Å². The van der Waals surface area contributed by atoms with Crippen LogP contribution >= 0.6 is 0 Å². The summed E-state index contributed by atoms with van der Waals surface area (Å²) in [4.78, 5) is 16.6. The third kappa shape index (κ3) is 6.03. The minimum Gasteiger partial charge on any atom is -0.368 e. The number of carbonyl (C=O) groups is 1. The average Bonchev–Trinajstić information content (AvgIpc) is 2.61. The molecule has 132 valence electrons. The lowest BCUT2D eigenvalue weighted by atomic mass is 10.1. The summed E-state index contributed by atoms with van der Waals surface area (Å²) in [7, 11) is 0. The Balaban J connectivity index is 1.67. The minimum atomic E-state index is 0.173. The Morgan fingerprint density at radius 1 is 1.00 bits per heavy atom. The van der Waals surface area contributed by atoms with Gasteiger partial charge in [-0.05, 0) is 38.0 Å². The van der Waals surface area contributed by atoms with Crippen LogP contribution in [0.2, 0.25) is 0 Å². The Bertz CT molecular complexity index is 513. The monoisotopic (exact) mass is 328 g/mol. The second-order valence-corrected chi connectivity index (χ2v) is 6.75. The Morgan fingerprint density at radius 2 is 1.67 bits per heavy atom. The first-order valence-electron chi connectivity index (χ1n) is 9.47. The first kappa shape index (κ1) is 18.6. The number of unbranched alkanes of at least 4 members (excludes halogenated alkanes) is 5. The topological polar surface area (TPSA) is 23.6 Å². The molecule has 1 aliphatic rings. The van der Waals surface area contributed by atoms with Crippen LogP contribution in [0.4, 0.5) is 5.69 Å². The van der Waals surface area contributed by atoms with Crippen LogP contribution in [0.15, 0.2) is 36.4 Å². The molecule has 3 nitrogen and oxygen atoms in total. The summed E-state index contributed by atoms with van der Waals surface area (Å²) in [5.74, 6) is 0.173. The van der Waals surface area contributed by atoms with E-state index in [2.05, 4.69) is 49.1 Å². The third-order valence-corrected chi connectivity index (χ3v) is 4.73. The molecule has 1 aromatic rings. The Morgan fingerprint density at radius 3 is 2.33 bits per heavy atom. The first-order chi connectivity index (χ1) is 11.7. The van der Waals surface area contributed by atoms with Gasteiger partial charge in [0.15, 0.2) is 0 Å². The van der Waals surface area contributed by atoms with Crippen molar-refractivity contribution in [1.82, 2.24) is 4.90 Å². The minimum absolute atomic E-state index is 0.173. The zero-order valence-electron chi connectivity index (χ0n) is 15.3. The highest BCUT2D eigenvalue weighted by molar-refractivity contribution is 5.87. The largest absolute Gasteiger partial charge is 0.368 e. The summed E-state index contributed by atoms with van der Waals surface area (Å²) >= 11 is 0. The molecule has 3 heteroatoms. The van der Waals surface area contributed by atoms with Gasteiger partial charge in [0.25, 0.3) is 0 Å². The van der Waals surface area contributed by atoms with Crippen molar-refractivity contribution in [3.05, 3.63) is 42.0 Å². The highest BCUT2D eigenvalue weighted by Crippen LogP contribution is 2.17. The van der Waals surface area contributed by atoms with E-state index in [-0.39, 0.29) is 5.91 Å². The molecule has 0 bridgehead atoms. The van der Waals surface area contributed by atoms with Gasteiger partial charge in [0.05, 0.1) is 0 Å². The summed E-state index contributed by atoms with van der Waals surface area (Å²) in [6.45, 7) is 7.80. The standard InChI is InChI=1S/C21H32N2O/c1-3-4-5-6-7-8-9-10-21(24)23-17-15-22(16-18-23)20-13-11-19(2)12-14-20/h9-14H,3-8,15-18H2,1-2H3. The molecule has 0 spiro atoms. The van der Waals surface area contributed by atoms with E-state index in [0.29, 0.717) is 0 Å². The number of anilines is 1. The van der Waals surface area contributed by atoms with E-state index in [1.165, 1.54) is 43.4 Å². The molecule has 0 radical (unpaired) electrons. The van der Waals surface area contributed by atoms with E-state index in [1.54, 1.807) is 6.08 Å². The maximum Gasteiger partial charge on any atom is 0.246 e. The van der Waals surface area contributed by atoms with Gasteiger partial charge in [0, 0.05) is 31.9 Å². The van der Waals surface area contributed by atoms with Crippen molar-refractivity contribution in [3.8, 4) is 0 Å². The molecule has 0 aliphatic carbocycles. The van der Waals surface area contributed by atoms with E-state index < -0.39 is 0 Å². The Kier molecular flexibility index (Phi) is 7.87. The predicted molar refractivity (Wildman–Crippen MR) is 102 cm³/mol. The molecule has 1 heterocycles. The lowest BCUT2D eigenvalue weighted by Gasteiger charge is -2.35. The summed E-state index contributed by atoms with van der Waals surface area (Å²) in [6, 6.07) is 8.64. The molecular weight excluding hydrogens is 296 g/mol. The van der Waals surface area contributed by atoms with Gasteiger partial charge < -0.3 is 9.80 Å². The maximum atomic E-state index is 12.2. The molecule has 0 N–H and O–H groups in total. The molecule has 1 aromatic carbocycles. The average molecular weight is 329 g/mol. The van der Waals surface area contributed by atoms with Gasteiger partial charge in [-0.15, -0.1) is 0 Å². The fraction of sp³-hybridized carbons (Fsp3) is 0.571. The van der Waals surface area contributed by atoms with Crippen LogP contribution < -0.4 is 4.90 Å². The van der Waals surface area contributed by atoms with Crippen molar-refractivity contribution < 1.29 is 4.79 Å². The zero-order chi connectivity index (χ0) is 17.2. The number of allylic oxidation sites excluding steroid dienone is 1. The van der Waals surface area contributed by atoms with Crippen molar-refractivity contribution in [2.24, 2.45) is 0 Å². The molecule has 1 aliphatic heterocycles. The third-order valence-electron chi connectivity index (χ3n) is 4.73. The van der Waals surface area contributed by atoms with E-state index in [0.717, 1.165) is 32.6 Å². The quantitative estimate of drug-likeness (QED) is 0.516. The van der Waals surface area contributed by atoms with E-state index in [9.17, 15) is 4.79 Å². The highest BCUT2D eigenvalue weighted by atomic mass is 16.2. The van der Waals surface area contributed by atoms with Gasteiger partial charge in [0.1, 0.15) is 0 Å².